The van der Waals surface area contributed by atoms with Gasteiger partial charge in [0.05, 0.1) is 19.2 Å². The van der Waals surface area contributed by atoms with Crippen molar-refractivity contribution in [1.82, 2.24) is 4.98 Å². The van der Waals surface area contributed by atoms with Crippen molar-refractivity contribution in [1.29, 1.82) is 0 Å². The fourth-order valence-corrected chi connectivity index (χ4v) is 1.84. The lowest BCUT2D eigenvalue weighted by atomic mass is 10.3. The molecule has 1 N–H and O–H groups in total. The number of rotatable bonds is 4. The Morgan fingerprint density at radius 2 is 2.31 bits per heavy atom. The third-order valence-electron chi connectivity index (χ3n) is 2.06. The van der Waals surface area contributed by atoms with E-state index in [1.807, 2.05) is 0 Å². The molecule has 0 aliphatic rings. The standard InChI is InChI=1S/C11H11FN2OS/c1-15-10-3-8(12)2-9(4-10)14-6-11-5-13-7-16-11/h2-5,7,14H,6H2,1H3. The number of halogens is 1. The van der Waals surface area contributed by atoms with Gasteiger partial charge in [-0.15, -0.1) is 11.3 Å². The second kappa shape index (κ2) is 4.94. The average Bonchev–Trinajstić information content (AvgIpc) is 2.78. The molecular formula is C11H11FN2OS. The molecule has 84 valence electrons. The van der Waals surface area contributed by atoms with Gasteiger partial charge in [0.2, 0.25) is 0 Å². The molecule has 0 saturated heterocycles. The van der Waals surface area contributed by atoms with Crippen molar-refractivity contribution >= 4 is 17.0 Å². The van der Waals surface area contributed by atoms with E-state index in [2.05, 4.69) is 10.3 Å². The van der Waals surface area contributed by atoms with Crippen molar-refractivity contribution < 1.29 is 9.13 Å². The number of thiazole rings is 1. The van der Waals surface area contributed by atoms with Gasteiger partial charge >= 0.3 is 0 Å². The normalized spacial score (nSPS) is 10.1. The molecule has 0 amide bonds. The second-order valence-corrected chi connectivity index (χ2v) is 4.17. The molecule has 0 bridgehead atoms. The summed E-state index contributed by atoms with van der Waals surface area (Å²) in [5, 5.41) is 3.11. The quantitative estimate of drug-likeness (QED) is 0.889. The Balaban J connectivity index is 2.06. The highest BCUT2D eigenvalue weighted by Gasteiger charge is 2.01. The number of ether oxygens (including phenoxy) is 1. The number of anilines is 1. The van der Waals surface area contributed by atoms with Crippen LogP contribution in [0.4, 0.5) is 10.1 Å². The zero-order valence-electron chi connectivity index (χ0n) is 8.74. The number of nitrogens with zero attached hydrogens (tertiary/aromatic N) is 1. The van der Waals surface area contributed by atoms with E-state index in [1.165, 1.54) is 19.2 Å². The Hall–Kier alpha value is -1.62. The smallest absolute Gasteiger partial charge is 0.128 e. The van der Waals surface area contributed by atoms with Crippen LogP contribution in [0.5, 0.6) is 5.75 Å². The molecule has 0 fully saturated rings. The average molecular weight is 238 g/mol. The first kappa shape index (κ1) is 10.9. The van der Waals surface area contributed by atoms with Gasteiger partial charge in [-0.25, -0.2) is 4.39 Å². The van der Waals surface area contributed by atoms with Gasteiger partial charge in [0.25, 0.3) is 0 Å². The lowest BCUT2D eigenvalue weighted by Gasteiger charge is -2.07. The minimum absolute atomic E-state index is 0.314. The van der Waals surface area contributed by atoms with Crippen LogP contribution in [0.15, 0.2) is 29.9 Å². The molecule has 1 aromatic heterocycles. The molecule has 0 radical (unpaired) electrons. The summed E-state index contributed by atoms with van der Waals surface area (Å²) in [5.74, 6) is 0.193. The maximum absolute atomic E-state index is 13.2. The van der Waals surface area contributed by atoms with Crippen molar-refractivity contribution in [3.05, 3.63) is 40.6 Å². The van der Waals surface area contributed by atoms with Crippen molar-refractivity contribution in [2.45, 2.75) is 6.54 Å². The summed E-state index contributed by atoms with van der Waals surface area (Å²) >= 11 is 1.56. The van der Waals surface area contributed by atoms with E-state index >= 15 is 0 Å². The molecule has 2 aromatic rings. The molecule has 1 heterocycles. The maximum atomic E-state index is 13.2. The summed E-state index contributed by atoms with van der Waals surface area (Å²) in [5.41, 5.74) is 2.47. The fraction of sp³-hybridized carbons (Fsp3) is 0.182. The Morgan fingerprint density at radius 1 is 1.44 bits per heavy atom. The zero-order chi connectivity index (χ0) is 11.4. The Labute approximate surface area is 96.9 Å². The number of hydrogen-bond acceptors (Lipinski definition) is 4. The topological polar surface area (TPSA) is 34.1 Å². The molecule has 3 nitrogen and oxygen atoms in total. The Kier molecular flexibility index (Phi) is 3.36. The first-order valence-corrected chi connectivity index (χ1v) is 5.62. The number of methoxy groups -OCH3 is 1. The van der Waals surface area contributed by atoms with E-state index in [-0.39, 0.29) is 5.82 Å². The molecule has 1 aromatic carbocycles. The predicted octanol–water partition coefficient (Wildman–Crippen LogP) is 2.90. The molecule has 0 saturated carbocycles. The summed E-state index contributed by atoms with van der Waals surface area (Å²) in [7, 11) is 1.52. The van der Waals surface area contributed by atoms with Crippen LogP contribution < -0.4 is 10.1 Å². The van der Waals surface area contributed by atoms with Crippen LogP contribution in [0.3, 0.4) is 0 Å². The zero-order valence-corrected chi connectivity index (χ0v) is 9.55. The highest BCUT2D eigenvalue weighted by Crippen LogP contribution is 2.20. The highest BCUT2D eigenvalue weighted by atomic mass is 32.1. The molecule has 16 heavy (non-hydrogen) atoms. The molecule has 0 spiro atoms. The van der Waals surface area contributed by atoms with Gasteiger partial charge in [-0.05, 0) is 6.07 Å². The molecule has 0 aliphatic heterocycles. The Morgan fingerprint density at radius 3 is 3.00 bits per heavy atom. The fourth-order valence-electron chi connectivity index (χ4n) is 1.30. The molecule has 5 heteroatoms. The summed E-state index contributed by atoms with van der Waals surface area (Å²) in [6, 6.07) is 4.53. The van der Waals surface area contributed by atoms with E-state index in [4.69, 9.17) is 4.74 Å². The van der Waals surface area contributed by atoms with Gasteiger partial charge in [-0.3, -0.25) is 4.98 Å². The van der Waals surface area contributed by atoms with E-state index in [0.717, 1.165) is 4.88 Å². The van der Waals surface area contributed by atoms with Crippen molar-refractivity contribution in [3.63, 3.8) is 0 Å². The Bertz CT molecular complexity index is 459. The summed E-state index contributed by atoms with van der Waals surface area (Å²) < 4.78 is 18.1. The van der Waals surface area contributed by atoms with Crippen LogP contribution in [-0.2, 0) is 6.54 Å². The van der Waals surface area contributed by atoms with Crippen molar-refractivity contribution in [2.24, 2.45) is 0 Å². The van der Waals surface area contributed by atoms with Gasteiger partial charge in [0.1, 0.15) is 11.6 Å². The molecule has 0 unspecified atom stereocenters. The first-order valence-electron chi connectivity index (χ1n) is 4.74. The van der Waals surface area contributed by atoms with Gasteiger partial charge < -0.3 is 10.1 Å². The van der Waals surface area contributed by atoms with Gasteiger partial charge in [-0.2, -0.15) is 0 Å². The van der Waals surface area contributed by atoms with Crippen LogP contribution in [0.25, 0.3) is 0 Å². The molecular weight excluding hydrogens is 227 g/mol. The molecule has 2 rings (SSSR count). The first-order chi connectivity index (χ1) is 7.78. The van der Waals surface area contributed by atoms with Crippen LogP contribution in [0, 0.1) is 5.82 Å². The largest absolute Gasteiger partial charge is 0.497 e. The lowest BCUT2D eigenvalue weighted by molar-refractivity contribution is 0.411. The minimum Gasteiger partial charge on any atom is -0.497 e. The van der Waals surface area contributed by atoms with Crippen molar-refractivity contribution in [2.75, 3.05) is 12.4 Å². The monoisotopic (exact) mass is 238 g/mol. The van der Waals surface area contributed by atoms with E-state index in [9.17, 15) is 4.39 Å². The third-order valence-corrected chi connectivity index (χ3v) is 2.84. The second-order valence-electron chi connectivity index (χ2n) is 3.20. The summed E-state index contributed by atoms with van der Waals surface area (Å²) in [6.45, 7) is 0.636. The number of hydrogen-bond donors (Lipinski definition) is 1. The van der Waals surface area contributed by atoms with E-state index in [1.54, 1.807) is 29.1 Å². The predicted molar refractivity (Wildman–Crippen MR) is 62.4 cm³/mol. The SMILES string of the molecule is COc1cc(F)cc(NCc2cncs2)c1. The van der Waals surface area contributed by atoms with Crippen LogP contribution >= 0.6 is 11.3 Å². The van der Waals surface area contributed by atoms with Crippen LogP contribution in [0.1, 0.15) is 4.88 Å². The van der Waals surface area contributed by atoms with Gasteiger partial charge in [0, 0.05) is 28.9 Å². The van der Waals surface area contributed by atoms with Gasteiger partial charge in [0.15, 0.2) is 0 Å². The number of nitrogens with one attached hydrogen (secondary N) is 1. The molecule has 0 atom stereocenters. The van der Waals surface area contributed by atoms with E-state index < -0.39 is 0 Å². The summed E-state index contributed by atoms with van der Waals surface area (Å²) in [6.07, 6.45) is 1.79. The van der Waals surface area contributed by atoms with Crippen molar-refractivity contribution in [3.8, 4) is 5.75 Å². The van der Waals surface area contributed by atoms with Gasteiger partial charge in [-0.1, -0.05) is 0 Å². The highest BCUT2D eigenvalue weighted by molar-refractivity contribution is 7.09. The minimum atomic E-state index is -0.314. The number of benzene rings is 1. The van der Waals surface area contributed by atoms with E-state index in [0.29, 0.717) is 18.0 Å². The number of aromatic nitrogens is 1. The third kappa shape index (κ3) is 2.70. The molecule has 0 aliphatic carbocycles. The summed E-state index contributed by atoms with van der Waals surface area (Å²) in [4.78, 5) is 5.07. The van der Waals surface area contributed by atoms with Crippen LogP contribution in [-0.4, -0.2) is 12.1 Å². The lowest BCUT2D eigenvalue weighted by Crippen LogP contribution is -1.98. The van der Waals surface area contributed by atoms with Crippen LogP contribution in [0.2, 0.25) is 0 Å². The maximum Gasteiger partial charge on any atom is 0.128 e.